The number of para-hydroxylation sites is 1. The number of aromatic amines is 1. The van der Waals surface area contributed by atoms with Crippen molar-refractivity contribution >= 4 is 16.9 Å². The molecule has 8 nitrogen and oxygen atoms in total. The van der Waals surface area contributed by atoms with Gasteiger partial charge in [0.15, 0.2) is 11.4 Å². The third-order valence-corrected chi connectivity index (χ3v) is 5.52. The highest BCUT2D eigenvalue weighted by atomic mass is 19.1. The van der Waals surface area contributed by atoms with Crippen LogP contribution >= 0.6 is 0 Å². The van der Waals surface area contributed by atoms with E-state index in [-0.39, 0.29) is 23.3 Å². The van der Waals surface area contributed by atoms with Crippen molar-refractivity contribution in [3.63, 3.8) is 0 Å². The molecule has 6 rings (SSSR count). The first-order valence-corrected chi connectivity index (χ1v) is 9.53. The molecule has 1 N–H and O–H groups in total. The minimum absolute atomic E-state index is 0.0434. The number of furan rings is 1. The number of rotatable bonds is 3. The summed E-state index contributed by atoms with van der Waals surface area (Å²) >= 11 is 0. The van der Waals surface area contributed by atoms with Crippen molar-refractivity contribution in [3.05, 3.63) is 65.3 Å². The van der Waals surface area contributed by atoms with Crippen molar-refractivity contribution in [1.29, 1.82) is 0 Å². The summed E-state index contributed by atoms with van der Waals surface area (Å²) in [6.07, 6.45) is 4.20. The predicted octanol–water partition coefficient (Wildman–Crippen LogP) is 3.34. The lowest BCUT2D eigenvalue weighted by Gasteiger charge is -2.32. The van der Waals surface area contributed by atoms with Crippen LogP contribution in [0.2, 0.25) is 0 Å². The molecule has 1 aromatic carbocycles. The highest BCUT2D eigenvalue weighted by molar-refractivity contribution is 5.90. The predicted molar refractivity (Wildman–Crippen MR) is 97.6 cm³/mol. The van der Waals surface area contributed by atoms with Gasteiger partial charge in [-0.25, -0.2) is 9.37 Å². The van der Waals surface area contributed by atoms with Gasteiger partial charge in [-0.3, -0.25) is 4.79 Å². The summed E-state index contributed by atoms with van der Waals surface area (Å²) in [7, 11) is 0. The molecule has 1 aliphatic carbocycles. The van der Waals surface area contributed by atoms with Crippen LogP contribution in [0.15, 0.2) is 39.4 Å². The summed E-state index contributed by atoms with van der Waals surface area (Å²) in [6.45, 7) is 0.416. The zero-order valence-corrected chi connectivity index (χ0v) is 15.3. The van der Waals surface area contributed by atoms with Crippen LogP contribution in [0.25, 0.3) is 11.0 Å². The molecule has 1 amide bonds. The Kier molecular flexibility index (Phi) is 3.41. The van der Waals surface area contributed by atoms with Crippen molar-refractivity contribution in [2.24, 2.45) is 0 Å². The van der Waals surface area contributed by atoms with E-state index in [1.54, 1.807) is 29.4 Å². The molecule has 146 valence electrons. The first kappa shape index (κ1) is 16.5. The highest BCUT2D eigenvalue weighted by Crippen LogP contribution is 2.40. The van der Waals surface area contributed by atoms with E-state index in [1.807, 2.05) is 0 Å². The molecule has 1 atom stereocenters. The molecule has 29 heavy (non-hydrogen) atoms. The molecular formula is C20H16FN5O3. The highest BCUT2D eigenvalue weighted by Gasteiger charge is 2.39. The van der Waals surface area contributed by atoms with Crippen molar-refractivity contribution in [2.75, 3.05) is 6.54 Å². The summed E-state index contributed by atoms with van der Waals surface area (Å²) in [5, 5.41) is 8.60. The molecule has 0 unspecified atom stereocenters. The zero-order valence-electron chi connectivity index (χ0n) is 15.3. The second kappa shape index (κ2) is 6.00. The van der Waals surface area contributed by atoms with Crippen LogP contribution in [0, 0.1) is 5.82 Å². The van der Waals surface area contributed by atoms with E-state index in [0.29, 0.717) is 35.7 Å². The lowest BCUT2D eigenvalue weighted by atomic mass is 10.00. The van der Waals surface area contributed by atoms with Crippen LogP contribution < -0.4 is 0 Å². The van der Waals surface area contributed by atoms with Gasteiger partial charge in [0.05, 0.1) is 12.0 Å². The summed E-state index contributed by atoms with van der Waals surface area (Å²) in [5.74, 6) is 0.330. The second-order valence-corrected chi connectivity index (χ2v) is 7.44. The smallest absolute Gasteiger partial charge is 0.312 e. The van der Waals surface area contributed by atoms with E-state index in [9.17, 15) is 9.18 Å². The van der Waals surface area contributed by atoms with E-state index in [0.717, 1.165) is 18.5 Å². The SMILES string of the molecule is O=C(c1nnc(C2CC2)o1)N1CCc2[nH]cnc2[C@H]1c1cc2cccc(F)c2o1. The molecule has 1 aliphatic heterocycles. The molecule has 4 aromatic rings. The fourth-order valence-electron chi connectivity index (χ4n) is 3.90. The maximum Gasteiger partial charge on any atom is 0.312 e. The Bertz CT molecular complexity index is 1240. The van der Waals surface area contributed by atoms with Gasteiger partial charge in [0.2, 0.25) is 5.89 Å². The van der Waals surface area contributed by atoms with Gasteiger partial charge in [-0.15, -0.1) is 10.2 Å². The maximum absolute atomic E-state index is 14.2. The van der Waals surface area contributed by atoms with Gasteiger partial charge < -0.3 is 18.7 Å². The molecule has 1 fully saturated rings. The quantitative estimate of drug-likeness (QED) is 0.573. The second-order valence-electron chi connectivity index (χ2n) is 7.44. The van der Waals surface area contributed by atoms with Crippen molar-refractivity contribution < 1.29 is 18.0 Å². The maximum atomic E-state index is 14.2. The Labute approximate surface area is 163 Å². The molecule has 1 saturated carbocycles. The standard InChI is InChI=1S/C20H16FN5O3/c21-12-3-1-2-11-8-14(28-17(11)12)16-15-13(22-9-23-15)6-7-26(16)20(27)19-25-24-18(29-19)10-4-5-10/h1-3,8-10,16H,4-7H2,(H,22,23)/t16-/m1/s1. The number of H-pyrrole nitrogens is 1. The fourth-order valence-corrected chi connectivity index (χ4v) is 3.90. The monoisotopic (exact) mass is 393 g/mol. The molecule has 0 bridgehead atoms. The van der Waals surface area contributed by atoms with Gasteiger partial charge in [0, 0.05) is 30.0 Å². The minimum Gasteiger partial charge on any atom is -0.455 e. The molecule has 0 radical (unpaired) electrons. The number of fused-ring (bicyclic) bond motifs is 2. The van der Waals surface area contributed by atoms with E-state index in [4.69, 9.17) is 8.83 Å². The number of amides is 1. The lowest BCUT2D eigenvalue weighted by molar-refractivity contribution is 0.0630. The number of carbonyl (C=O) groups is 1. The number of imidazole rings is 1. The number of nitrogens with one attached hydrogen (secondary N) is 1. The Morgan fingerprint density at radius 2 is 2.14 bits per heavy atom. The zero-order chi connectivity index (χ0) is 19.5. The topological polar surface area (TPSA) is 101 Å². The van der Waals surface area contributed by atoms with Crippen LogP contribution in [-0.4, -0.2) is 37.5 Å². The average Bonchev–Trinajstić information content (AvgIpc) is 3.13. The first-order chi connectivity index (χ1) is 14.2. The molecule has 3 aromatic heterocycles. The van der Waals surface area contributed by atoms with Gasteiger partial charge in [-0.1, -0.05) is 12.1 Å². The molecule has 2 aliphatic rings. The van der Waals surface area contributed by atoms with E-state index in [2.05, 4.69) is 20.2 Å². The molecule has 0 saturated heterocycles. The van der Waals surface area contributed by atoms with Gasteiger partial charge in [0.25, 0.3) is 0 Å². The number of hydrogen-bond acceptors (Lipinski definition) is 6. The Balaban J connectivity index is 1.44. The summed E-state index contributed by atoms with van der Waals surface area (Å²) < 4.78 is 25.6. The number of hydrogen-bond donors (Lipinski definition) is 1. The van der Waals surface area contributed by atoms with Gasteiger partial charge >= 0.3 is 11.8 Å². The van der Waals surface area contributed by atoms with E-state index >= 15 is 0 Å². The average molecular weight is 393 g/mol. The van der Waals surface area contributed by atoms with Gasteiger partial charge in [-0.2, -0.15) is 0 Å². The number of carbonyl (C=O) groups excluding carboxylic acids is 1. The van der Waals surface area contributed by atoms with Crippen LogP contribution in [0.4, 0.5) is 4.39 Å². The van der Waals surface area contributed by atoms with Crippen LogP contribution in [0.3, 0.4) is 0 Å². The molecular weight excluding hydrogens is 377 g/mol. The largest absolute Gasteiger partial charge is 0.455 e. The Morgan fingerprint density at radius 1 is 1.24 bits per heavy atom. The van der Waals surface area contributed by atoms with E-state index in [1.165, 1.54) is 6.07 Å². The van der Waals surface area contributed by atoms with Crippen molar-refractivity contribution in [2.45, 2.75) is 31.2 Å². The molecule has 0 spiro atoms. The fraction of sp³-hybridized carbons (Fsp3) is 0.300. The van der Waals surface area contributed by atoms with Crippen LogP contribution in [-0.2, 0) is 6.42 Å². The normalized spacial score (nSPS) is 18.9. The third kappa shape index (κ3) is 2.57. The third-order valence-electron chi connectivity index (χ3n) is 5.52. The molecule has 4 heterocycles. The first-order valence-electron chi connectivity index (χ1n) is 9.53. The van der Waals surface area contributed by atoms with Crippen molar-refractivity contribution in [3.8, 4) is 0 Å². The summed E-state index contributed by atoms with van der Waals surface area (Å²) in [6, 6.07) is 5.87. The number of aromatic nitrogens is 4. The van der Waals surface area contributed by atoms with Gasteiger partial charge in [-0.05, 0) is 25.0 Å². The Morgan fingerprint density at radius 3 is 2.97 bits per heavy atom. The summed E-state index contributed by atoms with van der Waals surface area (Å²) in [4.78, 5) is 22.3. The lowest BCUT2D eigenvalue weighted by Crippen LogP contribution is -2.40. The van der Waals surface area contributed by atoms with Crippen LogP contribution in [0.5, 0.6) is 0 Å². The number of halogens is 1. The number of nitrogens with zero attached hydrogens (tertiary/aromatic N) is 4. The Hall–Kier alpha value is -3.49. The number of benzene rings is 1. The minimum atomic E-state index is -0.611. The molecule has 9 heteroatoms. The summed E-state index contributed by atoms with van der Waals surface area (Å²) in [5.41, 5.74) is 1.75. The van der Waals surface area contributed by atoms with E-state index < -0.39 is 11.9 Å². The van der Waals surface area contributed by atoms with Crippen molar-refractivity contribution in [1.82, 2.24) is 25.1 Å². The van der Waals surface area contributed by atoms with Crippen LogP contribution in [0.1, 0.15) is 58.5 Å². The van der Waals surface area contributed by atoms with Gasteiger partial charge in [0.1, 0.15) is 11.8 Å².